The molecule has 232 valence electrons. The number of anilines is 3. The van der Waals surface area contributed by atoms with Gasteiger partial charge in [0.2, 0.25) is 11.9 Å². The molecule has 3 aliphatic rings. The largest absolute Gasteiger partial charge is 0.408 e. The fraction of sp³-hybridized carbons (Fsp3) is 0.586. The van der Waals surface area contributed by atoms with E-state index in [9.17, 15) is 22.4 Å². The van der Waals surface area contributed by atoms with Crippen LogP contribution in [0.2, 0.25) is 5.02 Å². The Morgan fingerprint density at radius 1 is 1.05 bits per heavy atom. The average Bonchev–Trinajstić information content (AvgIpc) is 3.72. The Morgan fingerprint density at radius 2 is 1.77 bits per heavy atom. The molecule has 14 heteroatoms. The molecule has 6 rings (SSSR count). The van der Waals surface area contributed by atoms with Crippen LogP contribution >= 0.6 is 11.6 Å². The second kappa shape index (κ2) is 12.1. The molecule has 0 radical (unpaired) electrons. The van der Waals surface area contributed by atoms with Crippen molar-refractivity contribution < 1.29 is 22.4 Å². The average molecular weight is 623 g/mol. The highest BCUT2D eigenvalue weighted by atomic mass is 35.5. The van der Waals surface area contributed by atoms with Crippen LogP contribution in [0.5, 0.6) is 0 Å². The zero-order chi connectivity index (χ0) is 30.3. The highest BCUT2D eigenvalue weighted by Gasteiger charge is 2.40. The molecule has 1 aliphatic carbocycles. The van der Waals surface area contributed by atoms with Crippen molar-refractivity contribution >= 4 is 46.0 Å². The Kier molecular flexibility index (Phi) is 8.38. The normalized spacial score (nSPS) is 20.8. The zero-order valence-electron chi connectivity index (χ0n) is 24.0. The summed E-state index contributed by atoms with van der Waals surface area (Å²) in [5.41, 5.74) is 0.0635. The van der Waals surface area contributed by atoms with Crippen LogP contribution in [0.1, 0.15) is 51.4 Å². The third-order valence-electron chi connectivity index (χ3n) is 8.92. The van der Waals surface area contributed by atoms with Crippen LogP contribution in [0.25, 0.3) is 11.0 Å². The molecular formula is C29H35ClF4N8O. The van der Waals surface area contributed by atoms with Crippen LogP contribution in [0.15, 0.2) is 24.4 Å². The monoisotopic (exact) mass is 622 g/mol. The third-order valence-corrected chi connectivity index (χ3v) is 9.15. The summed E-state index contributed by atoms with van der Waals surface area (Å²) in [6.45, 7) is 0.650. The summed E-state index contributed by atoms with van der Waals surface area (Å²) in [5, 5.41) is 7.27. The van der Waals surface area contributed by atoms with Gasteiger partial charge in [-0.25, -0.2) is 9.07 Å². The van der Waals surface area contributed by atoms with E-state index in [2.05, 4.69) is 30.2 Å². The number of fused-ring (bicyclic) bond motifs is 1. The first-order valence-electron chi connectivity index (χ1n) is 14.9. The van der Waals surface area contributed by atoms with E-state index in [1.807, 2.05) is 11.9 Å². The number of nitrogens with one attached hydrogen (secondary N) is 1. The van der Waals surface area contributed by atoms with Crippen molar-refractivity contribution in [1.82, 2.24) is 29.5 Å². The molecule has 1 saturated carbocycles. The van der Waals surface area contributed by atoms with Crippen LogP contribution in [-0.4, -0.2) is 86.4 Å². The number of hydrogen-bond acceptors (Lipinski definition) is 7. The Bertz CT molecular complexity index is 1470. The second-order valence-electron chi connectivity index (χ2n) is 11.8. The van der Waals surface area contributed by atoms with Crippen molar-refractivity contribution in [2.45, 2.75) is 82.2 Å². The van der Waals surface area contributed by atoms with E-state index in [0.29, 0.717) is 25.9 Å². The van der Waals surface area contributed by atoms with Gasteiger partial charge in [-0.2, -0.15) is 28.2 Å². The van der Waals surface area contributed by atoms with Crippen molar-refractivity contribution in [1.29, 1.82) is 0 Å². The summed E-state index contributed by atoms with van der Waals surface area (Å²) in [6.07, 6.45) is 4.29. The Morgan fingerprint density at radius 3 is 2.42 bits per heavy atom. The van der Waals surface area contributed by atoms with Gasteiger partial charge in [0.1, 0.15) is 18.2 Å². The van der Waals surface area contributed by atoms with E-state index in [0.717, 1.165) is 55.8 Å². The van der Waals surface area contributed by atoms with Crippen molar-refractivity contribution in [3.05, 3.63) is 35.2 Å². The lowest BCUT2D eigenvalue weighted by atomic mass is 9.98. The van der Waals surface area contributed by atoms with Crippen LogP contribution in [0.4, 0.5) is 35.0 Å². The lowest BCUT2D eigenvalue weighted by Crippen LogP contribution is -2.55. The Hall–Kier alpha value is -3.19. The molecule has 1 amide bonds. The van der Waals surface area contributed by atoms with Gasteiger partial charge in [-0.3, -0.25) is 9.69 Å². The first-order chi connectivity index (χ1) is 20.6. The van der Waals surface area contributed by atoms with Crippen LogP contribution in [0.3, 0.4) is 0 Å². The highest BCUT2D eigenvalue weighted by Crippen LogP contribution is 2.34. The number of alkyl halides is 3. The van der Waals surface area contributed by atoms with Gasteiger partial charge in [0.15, 0.2) is 5.65 Å². The molecule has 3 aromatic rings. The van der Waals surface area contributed by atoms with Gasteiger partial charge in [-0.05, 0) is 70.3 Å². The molecule has 0 bridgehead atoms. The first-order valence-corrected chi connectivity index (χ1v) is 15.2. The Balaban J connectivity index is 1.27. The molecular weight excluding hydrogens is 588 g/mol. The smallest absolute Gasteiger partial charge is 0.341 e. The fourth-order valence-corrected chi connectivity index (χ4v) is 6.92. The number of rotatable bonds is 7. The van der Waals surface area contributed by atoms with Crippen LogP contribution in [-0.2, 0) is 11.3 Å². The summed E-state index contributed by atoms with van der Waals surface area (Å²) >= 11 is 5.90. The predicted molar refractivity (Wildman–Crippen MR) is 156 cm³/mol. The number of aromatic nitrogens is 4. The third kappa shape index (κ3) is 6.38. The molecule has 1 N–H and O–H groups in total. The van der Waals surface area contributed by atoms with E-state index in [-0.39, 0.29) is 57.5 Å². The predicted octanol–water partition coefficient (Wildman–Crippen LogP) is 5.76. The molecule has 2 aliphatic heterocycles. The summed E-state index contributed by atoms with van der Waals surface area (Å²) < 4.78 is 55.5. The maximum absolute atomic E-state index is 14.7. The second-order valence-corrected chi connectivity index (χ2v) is 12.3. The number of likely N-dealkylation sites (N-methyl/N-ethyl adjacent to an activating group) is 1. The van der Waals surface area contributed by atoms with Gasteiger partial charge in [0, 0.05) is 30.2 Å². The first kappa shape index (κ1) is 29.9. The molecule has 1 atom stereocenters. The number of piperidine rings is 1. The molecule has 4 heterocycles. The minimum absolute atomic E-state index is 0.00616. The zero-order valence-corrected chi connectivity index (χ0v) is 24.7. The van der Waals surface area contributed by atoms with Crippen LogP contribution < -0.4 is 10.2 Å². The quantitative estimate of drug-likeness (QED) is 0.336. The van der Waals surface area contributed by atoms with Crippen molar-refractivity contribution in [2.75, 3.05) is 36.9 Å². The number of nitrogens with zero attached hydrogens (tertiary/aromatic N) is 7. The topological polar surface area (TPSA) is 82.4 Å². The summed E-state index contributed by atoms with van der Waals surface area (Å²) in [6, 6.07) is 4.31. The van der Waals surface area contributed by atoms with E-state index in [1.54, 1.807) is 0 Å². The summed E-state index contributed by atoms with van der Waals surface area (Å²) in [5.74, 6) is -0.0470. The number of amides is 1. The fourth-order valence-electron chi connectivity index (χ4n) is 6.76. The summed E-state index contributed by atoms with van der Waals surface area (Å²) in [7, 11) is 2.02. The maximum atomic E-state index is 14.7. The molecule has 43 heavy (non-hydrogen) atoms. The lowest BCUT2D eigenvalue weighted by molar-refractivity contribution is -0.142. The molecule has 3 fully saturated rings. The highest BCUT2D eigenvalue weighted by molar-refractivity contribution is 6.30. The number of carbonyl (C=O) groups excluding carboxylic acids is 1. The Labute approximate surface area is 252 Å². The number of hydrogen-bond donors (Lipinski definition) is 1. The van der Waals surface area contributed by atoms with Gasteiger partial charge in [-0.1, -0.05) is 24.4 Å². The van der Waals surface area contributed by atoms with E-state index in [1.165, 1.54) is 18.3 Å². The van der Waals surface area contributed by atoms with E-state index in [4.69, 9.17) is 11.6 Å². The van der Waals surface area contributed by atoms with Crippen molar-refractivity contribution in [2.24, 2.45) is 0 Å². The number of benzene rings is 1. The van der Waals surface area contributed by atoms with Crippen molar-refractivity contribution in [3.63, 3.8) is 0 Å². The van der Waals surface area contributed by atoms with Crippen LogP contribution in [0, 0.1) is 5.82 Å². The molecule has 0 spiro atoms. The summed E-state index contributed by atoms with van der Waals surface area (Å²) in [4.78, 5) is 29.2. The number of carbonyl (C=O) groups is 1. The van der Waals surface area contributed by atoms with Gasteiger partial charge in [0.05, 0.1) is 23.3 Å². The minimum Gasteiger partial charge on any atom is -0.341 e. The standard InChI is InChI=1S/C29H35ClF4N8O/c1-39-12-4-7-24(39)27(43)42(19-5-2-3-6-19)20-10-13-40(14-11-20)28-37-25(36-23-9-8-18(30)15-22(23)31)21-16-35-41(26(21)38-28)17-29(32,33)34/h8-9,15-16,19-20,24H,2-7,10-14,17H2,1H3,(H,36,37,38). The molecule has 1 unspecified atom stereocenters. The molecule has 2 aromatic heterocycles. The maximum Gasteiger partial charge on any atom is 0.408 e. The van der Waals surface area contributed by atoms with Crippen molar-refractivity contribution in [3.8, 4) is 0 Å². The minimum atomic E-state index is -4.51. The molecule has 2 saturated heterocycles. The van der Waals surface area contributed by atoms with Gasteiger partial charge in [0.25, 0.3) is 0 Å². The molecule has 1 aromatic carbocycles. The van der Waals surface area contributed by atoms with Gasteiger partial charge >= 0.3 is 6.18 Å². The van der Waals surface area contributed by atoms with Gasteiger partial charge in [-0.15, -0.1) is 0 Å². The SMILES string of the molecule is CN1CCCC1C(=O)N(C1CCCC1)C1CCN(c2nc(Nc3ccc(Cl)cc3F)c3cnn(CC(F)(F)F)c3n2)CC1. The van der Waals surface area contributed by atoms with E-state index < -0.39 is 18.5 Å². The number of likely N-dealkylation sites (tertiary alicyclic amines) is 1. The number of halogens is 5. The van der Waals surface area contributed by atoms with Gasteiger partial charge < -0.3 is 15.1 Å². The lowest BCUT2D eigenvalue weighted by Gasteiger charge is -2.43. The van der Waals surface area contributed by atoms with E-state index >= 15 is 0 Å². The molecule has 9 nitrogen and oxygen atoms in total.